The van der Waals surface area contributed by atoms with Gasteiger partial charge in [0.05, 0.1) is 10.9 Å². The van der Waals surface area contributed by atoms with Crippen LogP contribution in [0.15, 0.2) is 23.1 Å². The number of amides is 3. The summed E-state index contributed by atoms with van der Waals surface area (Å²) in [5.41, 5.74) is 0.572. The van der Waals surface area contributed by atoms with Crippen LogP contribution in [0.3, 0.4) is 0 Å². The third-order valence-corrected chi connectivity index (χ3v) is 4.15. The normalized spacial score (nSPS) is 18.0. The van der Waals surface area contributed by atoms with Gasteiger partial charge in [-0.3, -0.25) is 19.7 Å². The second-order valence-corrected chi connectivity index (χ2v) is 5.67. The maximum Gasteiger partial charge on any atom is 0.230 e. The molecule has 106 valence electrons. The molecule has 1 saturated heterocycles. The van der Waals surface area contributed by atoms with Gasteiger partial charge in [-0.2, -0.15) is 0 Å². The lowest BCUT2D eigenvalue weighted by Crippen LogP contribution is -2.24. The van der Waals surface area contributed by atoms with E-state index >= 15 is 0 Å². The summed E-state index contributed by atoms with van der Waals surface area (Å²) in [5, 5.41) is 5.41. The summed E-state index contributed by atoms with van der Waals surface area (Å²) < 4.78 is 0. The van der Waals surface area contributed by atoms with E-state index in [4.69, 9.17) is 11.6 Å². The molecule has 1 aliphatic heterocycles. The van der Waals surface area contributed by atoms with Crippen LogP contribution < -0.4 is 10.6 Å². The molecule has 2 N–H and O–H groups in total. The molecule has 0 spiro atoms. The Morgan fingerprint density at radius 2 is 2.25 bits per heavy atom. The number of nitrogens with one attached hydrogen (secondary N) is 2. The minimum Gasteiger partial charge on any atom is -0.326 e. The Kier molecular flexibility index (Phi) is 4.67. The van der Waals surface area contributed by atoms with Crippen molar-refractivity contribution >= 4 is 46.8 Å². The molecule has 5 nitrogen and oxygen atoms in total. The molecule has 1 aromatic rings. The first kappa shape index (κ1) is 14.9. The second-order valence-electron chi connectivity index (χ2n) is 4.42. The van der Waals surface area contributed by atoms with Gasteiger partial charge in [0.2, 0.25) is 17.7 Å². The van der Waals surface area contributed by atoms with E-state index in [2.05, 4.69) is 10.6 Å². The zero-order valence-corrected chi connectivity index (χ0v) is 12.3. The van der Waals surface area contributed by atoms with Crippen LogP contribution in [0.4, 0.5) is 5.69 Å². The lowest BCUT2D eigenvalue weighted by molar-refractivity contribution is -0.127. The molecule has 20 heavy (non-hydrogen) atoms. The van der Waals surface area contributed by atoms with Crippen molar-refractivity contribution in [2.75, 3.05) is 11.6 Å². The molecule has 1 heterocycles. The van der Waals surface area contributed by atoms with Crippen molar-refractivity contribution in [3.05, 3.63) is 23.2 Å². The second kappa shape index (κ2) is 6.28. The van der Waals surface area contributed by atoms with Gasteiger partial charge in [0.15, 0.2) is 0 Å². The van der Waals surface area contributed by atoms with E-state index in [9.17, 15) is 14.4 Å². The Balaban J connectivity index is 1.96. The first-order valence-electron chi connectivity index (χ1n) is 5.96. The van der Waals surface area contributed by atoms with Crippen molar-refractivity contribution in [1.82, 2.24) is 5.32 Å². The molecule has 0 bridgehead atoms. The highest BCUT2D eigenvalue weighted by atomic mass is 35.5. The Bertz CT molecular complexity index is 577. The van der Waals surface area contributed by atoms with E-state index in [1.54, 1.807) is 12.1 Å². The van der Waals surface area contributed by atoms with Gasteiger partial charge in [-0.25, -0.2) is 0 Å². The van der Waals surface area contributed by atoms with Gasteiger partial charge in [-0.1, -0.05) is 11.6 Å². The molecule has 1 aromatic carbocycles. The van der Waals surface area contributed by atoms with Crippen molar-refractivity contribution < 1.29 is 14.4 Å². The van der Waals surface area contributed by atoms with Crippen LogP contribution >= 0.6 is 23.4 Å². The molecule has 1 fully saturated rings. The monoisotopic (exact) mass is 312 g/mol. The van der Waals surface area contributed by atoms with Crippen molar-refractivity contribution in [1.29, 1.82) is 0 Å². The highest BCUT2D eigenvalue weighted by Gasteiger charge is 2.32. The fraction of sp³-hybridized carbons (Fsp3) is 0.308. The number of anilines is 1. The van der Waals surface area contributed by atoms with Gasteiger partial charge in [0.25, 0.3) is 0 Å². The summed E-state index contributed by atoms with van der Waals surface area (Å²) in [6.45, 7) is 0. The molecule has 1 aliphatic rings. The summed E-state index contributed by atoms with van der Waals surface area (Å²) in [6, 6.07) is 5.22. The quantitative estimate of drug-likeness (QED) is 0.659. The predicted octanol–water partition coefficient (Wildman–Crippen LogP) is 2.05. The Morgan fingerprint density at radius 1 is 1.50 bits per heavy atom. The molecule has 0 aliphatic carbocycles. The van der Waals surface area contributed by atoms with Crippen molar-refractivity contribution in [3.63, 3.8) is 0 Å². The first-order chi connectivity index (χ1) is 9.49. The van der Waals surface area contributed by atoms with Gasteiger partial charge in [-0.05, 0) is 24.5 Å². The maximum atomic E-state index is 11.8. The topological polar surface area (TPSA) is 75.3 Å². The van der Waals surface area contributed by atoms with Gasteiger partial charge in [0, 0.05) is 23.4 Å². The molecular weight excluding hydrogens is 300 g/mol. The minimum atomic E-state index is -0.580. The average molecular weight is 313 g/mol. The van der Waals surface area contributed by atoms with Crippen molar-refractivity contribution in [3.8, 4) is 0 Å². The summed E-state index contributed by atoms with van der Waals surface area (Å²) in [4.78, 5) is 35.2. The predicted molar refractivity (Wildman–Crippen MR) is 77.7 cm³/mol. The molecule has 2 rings (SSSR count). The Labute approximate surface area is 125 Å². The lowest BCUT2D eigenvalue weighted by Gasteiger charge is -2.09. The zero-order valence-electron chi connectivity index (χ0n) is 10.7. The molecule has 3 amide bonds. The third kappa shape index (κ3) is 3.52. The first-order valence-corrected chi connectivity index (χ1v) is 7.57. The summed E-state index contributed by atoms with van der Waals surface area (Å²) >= 11 is 7.56. The molecule has 0 aromatic heterocycles. The molecule has 7 heteroatoms. The number of benzene rings is 1. The molecule has 0 saturated carbocycles. The number of rotatable bonds is 4. The minimum absolute atomic E-state index is 0.0144. The smallest absolute Gasteiger partial charge is 0.230 e. The maximum absolute atomic E-state index is 11.8. The Hall–Kier alpha value is -1.53. The van der Waals surface area contributed by atoms with E-state index in [0.29, 0.717) is 10.7 Å². The molecule has 0 radical (unpaired) electrons. The number of imide groups is 1. The highest BCUT2D eigenvalue weighted by Crippen LogP contribution is 2.28. The largest absolute Gasteiger partial charge is 0.326 e. The molecular formula is C13H13ClN2O3S. The summed E-state index contributed by atoms with van der Waals surface area (Å²) in [7, 11) is 0. The van der Waals surface area contributed by atoms with Crippen molar-refractivity contribution in [2.45, 2.75) is 17.7 Å². The van der Waals surface area contributed by atoms with Gasteiger partial charge < -0.3 is 5.32 Å². The third-order valence-electron chi connectivity index (χ3n) is 2.93. The van der Waals surface area contributed by atoms with Crippen LogP contribution in [-0.2, 0) is 14.4 Å². The average Bonchev–Trinajstić information content (AvgIpc) is 2.68. The van der Waals surface area contributed by atoms with E-state index in [1.807, 2.05) is 12.3 Å². The van der Waals surface area contributed by atoms with Crippen LogP contribution in [0.2, 0.25) is 5.02 Å². The number of hydrogen-bond donors (Lipinski definition) is 2. The number of thioether (sulfide) groups is 1. The van der Waals surface area contributed by atoms with Gasteiger partial charge >= 0.3 is 0 Å². The van der Waals surface area contributed by atoms with E-state index in [-0.39, 0.29) is 30.6 Å². The molecule has 1 unspecified atom stereocenters. The number of hydrogen-bond acceptors (Lipinski definition) is 4. The Morgan fingerprint density at radius 3 is 2.80 bits per heavy atom. The van der Waals surface area contributed by atoms with Crippen LogP contribution in [-0.4, -0.2) is 24.0 Å². The van der Waals surface area contributed by atoms with Crippen LogP contribution in [0.25, 0.3) is 0 Å². The van der Waals surface area contributed by atoms with E-state index in [1.165, 1.54) is 11.8 Å². The summed E-state index contributed by atoms with van der Waals surface area (Å²) in [5.74, 6) is -1.61. The number of carbonyl (C=O) groups excluding carboxylic acids is 3. The van der Waals surface area contributed by atoms with Crippen LogP contribution in [0, 0.1) is 5.92 Å². The SMILES string of the molecule is CSc1ccc(NC(=O)CC2CC(=O)NC2=O)cc1Cl. The number of carbonyl (C=O) groups is 3. The highest BCUT2D eigenvalue weighted by molar-refractivity contribution is 7.98. The molecule has 1 atom stereocenters. The van der Waals surface area contributed by atoms with Gasteiger partial charge in [0.1, 0.15) is 0 Å². The van der Waals surface area contributed by atoms with Crippen molar-refractivity contribution in [2.24, 2.45) is 5.92 Å². The number of halogens is 1. The van der Waals surface area contributed by atoms with Crippen LogP contribution in [0.5, 0.6) is 0 Å². The van der Waals surface area contributed by atoms with E-state index < -0.39 is 5.92 Å². The summed E-state index contributed by atoms with van der Waals surface area (Å²) in [6.07, 6.45) is 1.97. The fourth-order valence-corrected chi connectivity index (χ4v) is 2.82. The standard InChI is InChI=1S/C13H13ClN2O3S/c1-20-10-3-2-8(6-9(10)14)15-11(17)4-7-5-12(18)16-13(7)19/h2-3,6-7H,4-5H2,1H3,(H,15,17)(H,16,18,19). The zero-order chi connectivity index (χ0) is 14.7. The lowest BCUT2D eigenvalue weighted by atomic mass is 10.0. The van der Waals surface area contributed by atoms with Gasteiger partial charge in [-0.15, -0.1) is 11.8 Å². The van der Waals surface area contributed by atoms with E-state index in [0.717, 1.165) is 4.90 Å². The van der Waals surface area contributed by atoms with Crippen LogP contribution in [0.1, 0.15) is 12.8 Å². The fourth-order valence-electron chi connectivity index (χ4n) is 1.95.